The van der Waals surface area contributed by atoms with Gasteiger partial charge in [-0.2, -0.15) is 13.5 Å². The minimum atomic E-state index is -3.12. The number of esters is 1. The van der Waals surface area contributed by atoms with Crippen LogP contribution in [0.1, 0.15) is 57.5 Å². The Balaban J connectivity index is 0.000000352. The molecule has 2 aromatic rings. The Morgan fingerprint density at radius 2 is 1.79 bits per heavy atom. The predicted octanol–water partition coefficient (Wildman–Crippen LogP) is 5.98. The van der Waals surface area contributed by atoms with Crippen molar-refractivity contribution in [3.8, 4) is 5.69 Å². The highest BCUT2D eigenvalue weighted by Gasteiger charge is 2.23. The Kier molecular flexibility index (Phi) is 13.0. The number of thioether (sulfide) groups is 1. The third-order valence-corrected chi connectivity index (χ3v) is 7.07. The molecule has 8 nitrogen and oxygen atoms in total. The van der Waals surface area contributed by atoms with Crippen molar-refractivity contribution < 1.29 is 27.5 Å². The lowest BCUT2D eigenvalue weighted by Crippen LogP contribution is -2.28. The van der Waals surface area contributed by atoms with Crippen molar-refractivity contribution in [2.24, 2.45) is 0 Å². The minimum Gasteiger partial charge on any atom is -0.465 e. The zero-order valence-electron chi connectivity index (χ0n) is 21.4. The number of aromatic nitrogens is 3. The number of benzene rings is 1. The first kappa shape index (κ1) is 32.0. The fourth-order valence-electron chi connectivity index (χ4n) is 3.73. The Bertz CT molecular complexity index is 1150. The fourth-order valence-corrected chi connectivity index (χ4v) is 4.80. The Morgan fingerprint density at radius 3 is 2.32 bits per heavy atom. The summed E-state index contributed by atoms with van der Waals surface area (Å²) in [5.74, 6) is -1.02. The molecule has 1 aromatic heterocycles. The summed E-state index contributed by atoms with van der Waals surface area (Å²) >= 11 is 13.3. The smallest absolute Gasteiger partial charge is 0.355 e. The quantitative estimate of drug-likeness (QED) is 0.288. The van der Waals surface area contributed by atoms with Crippen molar-refractivity contribution >= 4 is 46.2 Å². The topological polar surface area (TPSA) is 86.4 Å². The van der Waals surface area contributed by atoms with Gasteiger partial charge >= 0.3 is 18.2 Å². The molecule has 1 atom stereocenters. The van der Waals surface area contributed by atoms with Gasteiger partial charge in [0.25, 0.3) is 5.24 Å². The van der Waals surface area contributed by atoms with Crippen molar-refractivity contribution in [1.82, 2.24) is 19.2 Å². The largest absolute Gasteiger partial charge is 0.465 e. The third kappa shape index (κ3) is 8.67. The molecule has 0 bridgehead atoms. The Hall–Kier alpha value is -2.18. The van der Waals surface area contributed by atoms with Gasteiger partial charge in [0, 0.05) is 24.5 Å². The lowest BCUT2D eigenvalue weighted by Gasteiger charge is -2.18. The fraction of sp³-hybridized carbons (Fsp3) is 0.583. The zero-order chi connectivity index (χ0) is 28.4. The van der Waals surface area contributed by atoms with E-state index in [0.29, 0.717) is 4.68 Å². The van der Waals surface area contributed by atoms with Crippen LogP contribution in [0.4, 0.5) is 18.0 Å². The molecule has 3 rings (SSSR count). The van der Waals surface area contributed by atoms with E-state index in [1.807, 2.05) is 11.8 Å². The van der Waals surface area contributed by atoms with E-state index in [2.05, 4.69) is 5.10 Å². The van der Waals surface area contributed by atoms with Crippen molar-refractivity contribution in [3.63, 3.8) is 0 Å². The van der Waals surface area contributed by atoms with Crippen LogP contribution in [0.3, 0.4) is 0 Å². The predicted molar refractivity (Wildman–Crippen MR) is 142 cm³/mol. The van der Waals surface area contributed by atoms with Crippen LogP contribution in [0.5, 0.6) is 0 Å². The molecule has 1 aliphatic heterocycles. The maximum atomic E-state index is 14.2. The lowest BCUT2D eigenvalue weighted by atomic mass is 10.1. The molecule has 1 aliphatic rings. The average Bonchev–Trinajstić information content (AvgIpc) is 3.02. The van der Waals surface area contributed by atoms with Crippen LogP contribution in [-0.2, 0) is 16.0 Å². The molecular weight excluding hydrogens is 568 g/mol. The highest BCUT2D eigenvalue weighted by molar-refractivity contribution is 8.13. The number of aryl methyl sites for hydroxylation is 1. The molecule has 1 aromatic carbocycles. The highest BCUT2D eigenvalue weighted by Crippen LogP contribution is 2.25. The van der Waals surface area contributed by atoms with Gasteiger partial charge in [-0.15, -0.1) is 16.7 Å². The monoisotopic (exact) mass is 598 g/mol. The van der Waals surface area contributed by atoms with E-state index in [-0.39, 0.29) is 44.9 Å². The van der Waals surface area contributed by atoms with Crippen LogP contribution >= 0.6 is 35.0 Å². The number of likely N-dealkylation sites (tertiary alicyclic amines) is 1. The van der Waals surface area contributed by atoms with Crippen molar-refractivity contribution in [2.45, 2.75) is 64.8 Å². The van der Waals surface area contributed by atoms with Gasteiger partial charge in [0.2, 0.25) is 0 Å². The Labute approximate surface area is 233 Å². The highest BCUT2D eigenvalue weighted by atomic mass is 35.5. The van der Waals surface area contributed by atoms with E-state index >= 15 is 0 Å². The van der Waals surface area contributed by atoms with Gasteiger partial charge in [-0.3, -0.25) is 9.59 Å². The molecule has 0 saturated carbocycles. The maximum absolute atomic E-state index is 14.2. The number of carbonyl (C=O) groups excluding carboxylic acids is 2. The SMILES string of the molecule is CCOC(=O)C(Cl)Cc1cc(-n2nc(C)n(C(F)F)c2=O)c(F)cc1Cl.CCSC(=O)N1CCCCCC1. The molecule has 1 fully saturated rings. The summed E-state index contributed by atoms with van der Waals surface area (Å²) in [4.78, 5) is 37.2. The second-order valence-electron chi connectivity index (χ2n) is 8.31. The van der Waals surface area contributed by atoms with Crippen LogP contribution in [0.15, 0.2) is 16.9 Å². The van der Waals surface area contributed by atoms with Gasteiger partial charge in [0.15, 0.2) is 5.82 Å². The molecule has 0 radical (unpaired) electrons. The molecule has 0 aliphatic carbocycles. The van der Waals surface area contributed by atoms with Crippen molar-refractivity contribution in [2.75, 3.05) is 25.4 Å². The molecule has 1 saturated heterocycles. The summed E-state index contributed by atoms with van der Waals surface area (Å²) in [7, 11) is 0. The molecule has 1 unspecified atom stereocenters. The van der Waals surface area contributed by atoms with Gasteiger partial charge < -0.3 is 9.64 Å². The number of rotatable bonds is 7. The number of hydrogen-bond acceptors (Lipinski definition) is 6. The van der Waals surface area contributed by atoms with E-state index in [1.165, 1.54) is 44.4 Å². The molecule has 1 amide bonds. The molecule has 38 heavy (non-hydrogen) atoms. The average molecular weight is 600 g/mol. The number of amides is 1. The summed E-state index contributed by atoms with van der Waals surface area (Å²) in [5, 5.41) is 2.80. The van der Waals surface area contributed by atoms with E-state index in [9.17, 15) is 27.6 Å². The zero-order valence-corrected chi connectivity index (χ0v) is 23.7. The molecular formula is C24H31Cl2F3N4O4S. The standard InChI is InChI=1S/C15H14Cl2F3N3O3.C9H17NOS/c1-3-26-13(24)10(17)4-8-5-12(11(18)6-9(8)16)23-15(25)22(14(19)20)7(2)21-23;1-2-12-9(11)10-7-5-3-4-6-8-10/h5-6,10,14H,3-4H2,1-2H3;2-8H2,1H3. The minimum absolute atomic E-state index is 0.0424. The molecule has 0 N–H and O–H groups in total. The van der Waals surface area contributed by atoms with Crippen molar-refractivity contribution in [3.05, 3.63) is 44.8 Å². The lowest BCUT2D eigenvalue weighted by molar-refractivity contribution is -0.142. The summed E-state index contributed by atoms with van der Waals surface area (Å²) in [6, 6.07) is 2.03. The summed E-state index contributed by atoms with van der Waals surface area (Å²) in [6.07, 6.45) is 4.85. The van der Waals surface area contributed by atoms with E-state index in [1.54, 1.807) is 6.92 Å². The molecule has 2 heterocycles. The third-order valence-electron chi connectivity index (χ3n) is 5.59. The second kappa shape index (κ2) is 15.4. The number of carbonyl (C=O) groups is 2. The van der Waals surface area contributed by atoms with Crippen molar-refractivity contribution in [1.29, 1.82) is 0 Å². The number of hydrogen-bond donors (Lipinski definition) is 0. The van der Waals surface area contributed by atoms with E-state index < -0.39 is 29.4 Å². The van der Waals surface area contributed by atoms with Gasteiger partial charge in [-0.1, -0.05) is 43.1 Å². The normalized spacial score (nSPS) is 14.5. The van der Waals surface area contributed by atoms with E-state index in [0.717, 1.165) is 31.0 Å². The molecule has 14 heteroatoms. The maximum Gasteiger partial charge on any atom is 0.355 e. The number of nitrogens with zero attached hydrogens (tertiary/aromatic N) is 4. The second-order valence-corrected chi connectivity index (χ2v) is 10.5. The van der Waals surface area contributed by atoms with Gasteiger partial charge in [-0.25, -0.2) is 13.8 Å². The first-order valence-corrected chi connectivity index (χ1v) is 14.0. The first-order chi connectivity index (χ1) is 18.0. The summed E-state index contributed by atoms with van der Waals surface area (Å²) < 4.78 is 45.5. The van der Waals surface area contributed by atoms with Crippen LogP contribution in [0, 0.1) is 12.7 Å². The van der Waals surface area contributed by atoms with Crippen LogP contribution in [0.2, 0.25) is 5.02 Å². The number of alkyl halides is 3. The summed E-state index contributed by atoms with van der Waals surface area (Å²) in [5.41, 5.74) is -1.37. The van der Waals surface area contributed by atoms with Gasteiger partial charge in [-0.05, 0) is 50.1 Å². The number of ether oxygens (including phenoxy) is 1. The van der Waals surface area contributed by atoms with Gasteiger partial charge in [0.05, 0.1) is 6.61 Å². The molecule has 0 spiro atoms. The van der Waals surface area contributed by atoms with Crippen LogP contribution in [-0.4, -0.2) is 61.3 Å². The first-order valence-electron chi connectivity index (χ1n) is 12.2. The van der Waals surface area contributed by atoms with Gasteiger partial charge in [0.1, 0.15) is 16.9 Å². The molecule has 212 valence electrons. The van der Waals surface area contributed by atoms with Crippen LogP contribution in [0.25, 0.3) is 5.69 Å². The van der Waals surface area contributed by atoms with E-state index in [4.69, 9.17) is 27.9 Å². The number of halogens is 5. The summed E-state index contributed by atoms with van der Waals surface area (Å²) in [6.45, 7) is 3.79. The Morgan fingerprint density at radius 1 is 1.16 bits per heavy atom. The van der Waals surface area contributed by atoms with Crippen LogP contribution < -0.4 is 5.69 Å².